The molecule has 20 heavy (non-hydrogen) atoms. The van der Waals surface area contributed by atoms with Crippen LogP contribution in [0.5, 0.6) is 0 Å². The van der Waals surface area contributed by atoms with Crippen LogP contribution in [0.15, 0.2) is 40.9 Å². The Morgan fingerprint density at radius 3 is 2.45 bits per heavy atom. The van der Waals surface area contributed by atoms with Crippen molar-refractivity contribution >= 4 is 26.7 Å². The summed E-state index contributed by atoms with van der Waals surface area (Å²) in [5.41, 5.74) is 1.44. The second-order valence-electron chi connectivity index (χ2n) is 5.92. The number of hydrogen-bond acceptors (Lipinski definition) is 1. The average Bonchev–Trinajstić information content (AvgIpc) is 2.49. The summed E-state index contributed by atoms with van der Waals surface area (Å²) in [7, 11) is 2.10. The lowest BCUT2D eigenvalue weighted by atomic mass is 9.81. The number of fused-ring (bicyclic) bond motifs is 1. The van der Waals surface area contributed by atoms with E-state index in [4.69, 9.17) is 0 Å². The number of nitrogens with one attached hydrogen (secondary N) is 1. The molecular formula is C18H22BrN. The molecule has 3 rings (SSSR count). The lowest BCUT2D eigenvalue weighted by molar-refractivity contribution is 0.282. The Balaban J connectivity index is 1.92. The summed E-state index contributed by atoms with van der Waals surface area (Å²) in [6.45, 7) is 0. The summed E-state index contributed by atoms with van der Waals surface area (Å²) in [5, 5.41) is 6.20. The van der Waals surface area contributed by atoms with Gasteiger partial charge >= 0.3 is 0 Å². The van der Waals surface area contributed by atoms with Gasteiger partial charge in [-0.05, 0) is 60.3 Å². The molecule has 0 aromatic heterocycles. The molecule has 1 fully saturated rings. The van der Waals surface area contributed by atoms with Crippen LogP contribution in [-0.4, -0.2) is 7.05 Å². The van der Waals surface area contributed by atoms with Gasteiger partial charge in [0.15, 0.2) is 0 Å². The van der Waals surface area contributed by atoms with Gasteiger partial charge in [0.05, 0.1) is 0 Å². The smallest absolute Gasteiger partial charge is 0.0346 e. The Morgan fingerprint density at radius 1 is 1.00 bits per heavy atom. The highest BCUT2D eigenvalue weighted by Gasteiger charge is 2.23. The van der Waals surface area contributed by atoms with Crippen molar-refractivity contribution in [1.29, 1.82) is 0 Å². The summed E-state index contributed by atoms with van der Waals surface area (Å²) < 4.78 is 1.15. The maximum absolute atomic E-state index is 3.55. The maximum atomic E-state index is 3.55. The second kappa shape index (κ2) is 6.28. The first-order valence-electron chi connectivity index (χ1n) is 7.64. The molecule has 0 spiro atoms. The van der Waals surface area contributed by atoms with Crippen molar-refractivity contribution in [1.82, 2.24) is 5.32 Å². The monoisotopic (exact) mass is 331 g/mol. The van der Waals surface area contributed by atoms with Crippen LogP contribution in [0.1, 0.15) is 43.7 Å². The van der Waals surface area contributed by atoms with Crippen LogP contribution < -0.4 is 5.32 Å². The minimum atomic E-state index is 0.503. The van der Waals surface area contributed by atoms with Crippen molar-refractivity contribution in [2.45, 2.75) is 38.1 Å². The van der Waals surface area contributed by atoms with Crippen LogP contribution >= 0.6 is 15.9 Å². The third-order valence-corrected chi connectivity index (χ3v) is 5.11. The van der Waals surface area contributed by atoms with E-state index in [0.29, 0.717) is 6.04 Å². The van der Waals surface area contributed by atoms with Crippen LogP contribution in [-0.2, 0) is 0 Å². The Hall–Kier alpha value is -0.860. The predicted molar refractivity (Wildman–Crippen MR) is 90.0 cm³/mol. The highest BCUT2D eigenvalue weighted by Crippen LogP contribution is 2.35. The van der Waals surface area contributed by atoms with E-state index in [2.05, 4.69) is 64.7 Å². The van der Waals surface area contributed by atoms with Crippen LogP contribution in [0.25, 0.3) is 10.8 Å². The van der Waals surface area contributed by atoms with E-state index < -0.39 is 0 Å². The van der Waals surface area contributed by atoms with Crippen molar-refractivity contribution in [3.63, 3.8) is 0 Å². The van der Waals surface area contributed by atoms with Crippen molar-refractivity contribution in [3.05, 3.63) is 46.4 Å². The molecule has 0 amide bonds. The largest absolute Gasteiger partial charge is 0.313 e. The highest BCUT2D eigenvalue weighted by molar-refractivity contribution is 9.10. The molecule has 1 N–H and O–H groups in total. The van der Waals surface area contributed by atoms with E-state index in [1.54, 1.807) is 0 Å². The summed E-state index contributed by atoms with van der Waals surface area (Å²) in [6, 6.07) is 13.9. The normalized spacial score (nSPS) is 18.3. The molecule has 0 bridgehead atoms. The Bertz CT molecular complexity index is 587. The van der Waals surface area contributed by atoms with Crippen molar-refractivity contribution in [2.24, 2.45) is 5.92 Å². The van der Waals surface area contributed by atoms with Gasteiger partial charge in [0.25, 0.3) is 0 Å². The second-order valence-corrected chi connectivity index (χ2v) is 6.83. The number of benzene rings is 2. The SMILES string of the molecule is CNC(c1ccc2cc(Br)ccc2c1)C1CCCCC1. The Labute approximate surface area is 129 Å². The predicted octanol–water partition coefficient (Wildman–Crippen LogP) is 5.44. The maximum Gasteiger partial charge on any atom is 0.0346 e. The zero-order valence-corrected chi connectivity index (χ0v) is 13.6. The van der Waals surface area contributed by atoms with Gasteiger partial charge in [-0.25, -0.2) is 0 Å². The van der Waals surface area contributed by atoms with Gasteiger partial charge in [-0.15, -0.1) is 0 Å². The molecular weight excluding hydrogens is 310 g/mol. The Kier molecular flexibility index (Phi) is 4.42. The summed E-state index contributed by atoms with van der Waals surface area (Å²) in [5.74, 6) is 0.793. The van der Waals surface area contributed by atoms with Crippen LogP contribution in [0.3, 0.4) is 0 Å². The number of halogens is 1. The molecule has 1 unspecified atom stereocenters. The lowest BCUT2D eigenvalue weighted by Gasteiger charge is -2.30. The molecule has 2 aromatic rings. The third kappa shape index (κ3) is 2.91. The van der Waals surface area contributed by atoms with Gasteiger partial charge in [-0.3, -0.25) is 0 Å². The lowest BCUT2D eigenvalue weighted by Crippen LogP contribution is -2.26. The molecule has 0 aliphatic heterocycles. The molecule has 1 saturated carbocycles. The molecule has 2 aromatic carbocycles. The van der Waals surface area contributed by atoms with E-state index in [1.807, 2.05) is 0 Å². The molecule has 1 nitrogen and oxygen atoms in total. The van der Waals surface area contributed by atoms with Gasteiger partial charge in [0, 0.05) is 10.5 Å². The highest BCUT2D eigenvalue weighted by atomic mass is 79.9. The van der Waals surface area contributed by atoms with Crippen LogP contribution in [0, 0.1) is 5.92 Å². The van der Waals surface area contributed by atoms with E-state index in [1.165, 1.54) is 48.4 Å². The van der Waals surface area contributed by atoms with Crippen LogP contribution in [0.4, 0.5) is 0 Å². The fraction of sp³-hybridized carbons (Fsp3) is 0.444. The van der Waals surface area contributed by atoms with E-state index in [-0.39, 0.29) is 0 Å². The first-order valence-corrected chi connectivity index (χ1v) is 8.44. The number of hydrogen-bond donors (Lipinski definition) is 1. The molecule has 0 heterocycles. The standard InChI is InChI=1S/C18H22BrN/c1-20-18(13-5-3-2-4-6-13)16-8-7-15-12-17(19)10-9-14(15)11-16/h7-13,18,20H,2-6H2,1H3. The molecule has 1 aliphatic rings. The molecule has 106 valence electrons. The van der Waals surface area contributed by atoms with Crippen LogP contribution in [0.2, 0.25) is 0 Å². The van der Waals surface area contributed by atoms with Gasteiger partial charge in [-0.1, -0.05) is 53.4 Å². The van der Waals surface area contributed by atoms with Gasteiger partial charge < -0.3 is 5.32 Å². The summed E-state index contributed by atoms with van der Waals surface area (Å²) in [6.07, 6.45) is 6.93. The average molecular weight is 332 g/mol. The van der Waals surface area contributed by atoms with Crippen molar-refractivity contribution in [2.75, 3.05) is 7.05 Å². The van der Waals surface area contributed by atoms with E-state index in [0.717, 1.165) is 10.4 Å². The van der Waals surface area contributed by atoms with E-state index >= 15 is 0 Å². The number of rotatable bonds is 3. The van der Waals surface area contributed by atoms with Crippen molar-refractivity contribution in [3.8, 4) is 0 Å². The molecule has 2 heteroatoms. The quantitative estimate of drug-likeness (QED) is 0.789. The molecule has 0 saturated heterocycles. The minimum Gasteiger partial charge on any atom is -0.313 e. The summed E-state index contributed by atoms with van der Waals surface area (Å²) in [4.78, 5) is 0. The first kappa shape index (κ1) is 14.1. The fourth-order valence-electron chi connectivity index (χ4n) is 3.57. The summed E-state index contributed by atoms with van der Waals surface area (Å²) >= 11 is 3.54. The molecule has 0 radical (unpaired) electrons. The minimum absolute atomic E-state index is 0.503. The van der Waals surface area contributed by atoms with Gasteiger partial charge in [0.2, 0.25) is 0 Å². The molecule has 1 atom stereocenters. The third-order valence-electron chi connectivity index (χ3n) is 4.62. The zero-order valence-electron chi connectivity index (χ0n) is 12.0. The fourth-order valence-corrected chi connectivity index (χ4v) is 3.95. The van der Waals surface area contributed by atoms with Gasteiger partial charge in [-0.2, -0.15) is 0 Å². The first-order chi connectivity index (χ1) is 9.78. The molecule has 1 aliphatic carbocycles. The van der Waals surface area contributed by atoms with Gasteiger partial charge in [0.1, 0.15) is 0 Å². The van der Waals surface area contributed by atoms with E-state index in [9.17, 15) is 0 Å². The Morgan fingerprint density at radius 2 is 1.70 bits per heavy atom. The zero-order chi connectivity index (χ0) is 13.9. The van der Waals surface area contributed by atoms with Crippen molar-refractivity contribution < 1.29 is 0 Å². The topological polar surface area (TPSA) is 12.0 Å².